The third kappa shape index (κ3) is 4.42. The highest BCUT2D eigenvalue weighted by molar-refractivity contribution is 7.13. The van der Waals surface area contributed by atoms with Gasteiger partial charge in [-0.1, -0.05) is 37.1 Å². The molecule has 0 aliphatic carbocycles. The highest BCUT2D eigenvalue weighted by Gasteiger charge is 2.14. The Kier molecular flexibility index (Phi) is 5.90. The maximum absolute atomic E-state index is 12.6. The normalized spacial score (nSPS) is 15.7. The number of benzene rings is 1. The van der Waals surface area contributed by atoms with E-state index in [0.29, 0.717) is 6.54 Å². The van der Waals surface area contributed by atoms with E-state index in [4.69, 9.17) is 0 Å². The van der Waals surface area contributed by atoms with E-state index in [2.05, 4.69) is 50.5 Å². The lowest BCUT2D eigenvalue weighted by molar-refractivity contribution is -0.121. The first-order valence-corrected chi connectivity index (χ1v) is 10.8. The van der Waals surface area contributed by atoms with Crippen LogP contribution in [0.15, 0.2) is 47.8 Å². The van der Waals surface area contributed by atoms with Crippen molar-refractivity contribution >= 4 is 28.1 Å². The molecule has 3 aromatic rings. The molecule has 5 heteroatoms. The van der Waals surface area contributed by atoms with E-state index in [-0.39, 0.29) is 5.91 Å². The monoisotopic (exact) mass is 381 g/mol. The van der Waals surface area contributed by atoms with Crippen molar-refractivity contribution in [1.82, 2.24) is 14.8 Å². The zero-order chi connectivity index (χ0) is 18.5. The largest absolute Gasteiger partial charge is 0.353 e. The number of rotatable bonds is 6. The molecule has 0 spiro atoms. The van der Waals surface area contributed by atoms with Gasteiger partial charge in [0.2, 0.25) is 5.91 Å². The number of aromatic nitrogens is 1. The molecular weight excluding hydrogens is 354 g/mol. The van der Waals surface area contributed by atoms with E-state index in [1.54, 1.807) is 11.3 Å². The Bertz CT molecular complexity index is 876. The summed E-state index contributed by atoms with van der Waals surface area (Å²) in [6, 6.07) is 14.7. The van der Waals surface area contributed by atoms with Crippen molar-refractivity contribution in [3.8, 4) is 10.6 Å². The lowest BCUT2D eigenvalue weighted by Crippen LogP contribution is -2.36. The molecule has 0 radical (unpaired) electrons. The van der Waals surface area contributed by atoms with E-state index in [9.17, 15) is 4.79 Å². The van der Waals surface area contributed by atoms with Gasteiger partial charge in [-0.15, -0.1) is 11.3 Å². The molecule has 1 aliphatic rings. The van der Waals surface area contributed by atoms with Crippen LogP contribution in [0, 0.1) is 0 Å². The van der Waals surface area contributed by atoms with Gasteiger partial charge in [0.25, 0.3) is 0 Å². The number of amides is 1. The highest BCUT2D eigenvalue weighted by Crippen LogP contribution is 2.31. The number of thiophene rings is 1. The smallest absolute Gasteiger partial charge is 0.240 e. The second-order valence-corrected chi connectivity index (χ2v) is 8.21. The van der Waals surface area contributed by atoms with E-state index in [0.717, 1.165) is 24.3 Å². The van der Waals surface area contributed by atoms with E-state index >= 15 is 0 Å². The van der Waals surface area contributed by atoms with Gasteiger partial charge in [-0.25, -0.2) is 0 Å². The van der Waals surface area contributed by atoms with Gasteiger partial charge in [-0.05, 0) is 49.5 Å². The van der Waals surface area contributed by atoms with Gasteiger partial charge in [-0.2, -0.15) is 0 Å². The molecule has 0 atom stereocenters. The molecule has 0 unspecified atom stereocenters. The van der Waals surface area contributed by atoms with Gasteiger partial charge >= 0.3 is 0 Å². The summed E-state index contributed by atoms with van der Waals surface area (Å²) in [6.45, 7) is 4.38. The Balaban J connectivity index is 1.43. The minimum absolute atomic E-state index is 0.0870. The van der Waals surface area contributed by atoms with Gasteiger partial charge in [-0.3, -0.25) is 4.79 Å². The first-order chi connectivity index (χ1) is 13.3. The number of hydrogen-bond donors (Lipinski definition) is 1. The van der Waals surface area contributed by atoms with E-state index < -0.39 is 0 Å². The summed E-state index contributed by atoms with van der Waals surface area (Å²) >= 11 is 1.71. The van der Waals surface area contributed by atoms with Gasteiger partial charge in [0.05, 0.1) is 10.6 Å². The van der Waals surface area contributed by atoms with Crippen LogP contribution in [-0.2, 0) is 11.3 Å². The lowest BCUT2D eigenvalue weighted by Gasteiger charge is -2.20. The Morgan fingerprint density at radius 1 is 1.04 bits per heavy atom. The van der Waals surface area contributed by atoms with Crippen LogP contribution in [-0.4, -0.2) is 41.6 Å². The number of nitrogens with zero attached hydrogens (tertiary/aromatic N) is 2. The number of hydrogen-bond acceptors (Lipinski definition) is 3. The van der Waals surface area contributed by atoms with Crippen molar-refractivity contribution in [2.75, 3.05) is 26.2 Å². The molecule has 2 aromatic heterocycles. The van der Waals surface area contributed by atoms with Crippen molar-refractivity contribution in [2.45, 2.75) is 32.2 Å². The second kappa shape index (κ2) is 8.72. The fourth-order valence-electron chi connectivity index (χ4n) is 3.92. The fraction of sp³-hybridized carbons (Fsp3) is 0.409. The summed E-state index contributed by atoms with van der Waals surface area (Å²) in [6.07, 6.45) is 5.26. The van der Waals surface area contributed by atoms with Crippen molar-refractivity contribution in [2.24, 2.45) is 0 Å². The maximum Gasteiger partial charge on any atom is 0.240 e. The molecule has 1 fully saturated rings. The van der Waals surface area contributed by atoms with Gasteiger partial charge in [0.15, 0.2) is 0 Å². The number of carbonyl (C=O) groups excluding carboxylic acids is 1. The first kappa shape index (κ1) is 18.3. The van der Waals surface area contributed by atoms with Crippen LogP contribution in [0.25, 0.3) is 21.5 Å². The van der Waals surface area contributed by atoms with Gasteiger partial charge in [0.1, 0.15) is 6.54 Å². The Labute approximate surface area is 164 Å². The number of para-hydroxylation sites is 1. The molecule has 4 nitrogen and oxygen atoms in total. The highest BCUT2D eigenvalue weighted by atomic mass is 32.1. The summed E-state index contributed by atoms with van der Waals surface area (Å²) in [5.74, 6) is 0.0870. The summed E-state index contributed by atoms with van der Waals surface area (Å²) < 4.78 is 2.14. The van der Waals surface area contributed by atoms with Crippen LogP contribution >= 0.6 is 11.3 Å². The third-order valence-electron chi connectivity index (χ3n) is 5.33. The number of carbonyl (C=O) groups is 1. The fourth-order valence-corrected chi connectivity index (χ4v) is 4.67. The molecule has 0 bridgehead atoms. The molecule has 27 heavy (non-hydrogen) atoms. The second-order valence-electron chi connectivity index (χ2n) is 7.26. The first-order valence-electron chi connectivity index (χ1n) is 9.92. The molecule has 1 saturated heterocycles. The Hall–Kier alpha value is -2.11. The summed E-state index contributed by atoms with van der Waals surface area (Å²) in [4.78, 5) is 16.3. The van der Waals surface area contributed by atoms with E-state index in [1.165, 1.54) is 49.0 Å². The molecule has 4 rings (SSSR count). The molecule has 1 aromatic carbocycles. The molecule has 0 saturated carbocycles. The number of fused-ring (bicyclic) bond motifs is 1. The van der Waals surface area contributed by atoms with Crippen LogP contribution in [0.2, 0.25) is 0 Å². The van der Waals surface area contributed by atoms with E-state index in [1.807, 2.05) is 12.1 Å². The van der Waals surface area contributed by atoms with Gasteiger partial charge < -0.3 is 14.8 Å². The van der Waals surface area contributed by atoms with Crippen LogP contribution < -0.4 is 5.32 Å². The molecule has 1 amide bonds. The minimum Gasteiger partial charge on any atom is -0.353 e. The quantitative estimate of drug-likeness (QED) is 0.689. The van der Waals surface area contributed by atoms with Crippen LogP contribution in [0.5, 0.6) is 0 Å². The average Bonchev–Trinajstić information content (AvgIpc) is 3.24. The van der Waals surface area contributed by atoms with Crippen molar-refractivity contribution in [1.29, 1.82) is 0 Å². The zero-order valence-corrected chi connectivity index (χ0v) is 16.5. The molecule has 142 valence electrons. The zero-order valence-electron chi connectivity index (χ0n) is 15.7. The standard InChI is InChI=1S/C22H27N3OS/c26-22(23-11-14-24-12-5-1-2-6-13-24)17-25-19-9-4-3-8-18(19)16-20(25)21-10-7-15-27-21/h3-4,7-10,15-16H,1-2,5-6,11-14,17H2,(H,23,26). The molecule has 1 N–H and O–H groups in total. The Morgan fingerprint density at radius 2 is 1.85 bits per heavy atom. The molecule has 3 heterocycles. The molecular formula is C22H27N3OS. The van der Waals surface area contributed by atoms with Crippen molar-refractivity contribution in [3.63, 3.8) is 0 Å². The van der Waals surface area contributed by atoms with Crippen LogP contribution in [0.3, 0.4) is 0 Å². The van der Waals surface area contributed by atoms with Crippen molar-refractivity contribution in [3.05, 3.63) is 47.8 Å². The predicted octanol–water partition coefficient (Wildman–Crippen LogP) is 4.36. The maximum atomic E-state index is 12.6. The van der Waals surface area contributed by atoms with Crippen molar-refractivity contribution < 1.29 is 4.79 Å². The predicted molar refractivity (Wildman–Crippen MR) is 113 cm³/mol. The summed E-state index contributed by atoms with van der Waals surface area (Å²) in [7, 11) is 0. The molecule has 1 aliphatic heterocycles. The average molecular weight is 382 g/mol. The van der Waals surface area contributed by atoms with Gasteiger partial charge in [0, 0.05) is 24.0 Å². The summed E-state index contributed by atoms with van der Waals surface area (Å²) in [5, 5.41) is 6.39. The SMILES string of the molecule is O=C(Cn1c(-c2cccs2)cc2ccccc21)NCCN1CCCCCC1. The number of likely N-dealkylation sites (tertiary alicyclic amines) is 1. The lowest BCUT2D eigenvalue weighted by atomic mass is 10.2. The number of nitrogens with one attached hydrogen (secondary N) is 1. The Morgan fingerprint density at radius 3 is 2.63 bits per heavy atom. The topological polar surface area (TPSA) is 37.3 Å². The minimum atomic E-state index is 0.0870. The summed E-state index contributed by atoms with van der Waals surface area (Å²) in [5.41, 5.74) is 2.23. The van der Waals surface area contributed by atoms with Crippen LogP contribution in [0.1, 0.15) is 25.7 Å². The third-order valence-corrected chi connectivity index (χ3v) is 6.23. The van der Waals surface area contributed by atoms with Crippen LogP contribution in [0.4, 0.5) is 0 Å².